The summed E-state index contributed by atoms with van der Waals surface area (Å²) in [4.78, 5) is 23.9. The number of hydrogen-bond donors (Lipinski definition) is 0. The van der Waals surface area contributed by atoms with Gasteiger partial charge in [0, 0.05) is 62.5 Å². The first-order valence-corrected chi connectivity index (χ1v) is 10.9. The Hall–Kier alpha value is -2.21. The van der Waals surface area contributed by atoms with Crippen LogP contribution in [0.15, 0.2) is 24.3 Å². The Bertz CT molecular complexity index is 871. The second-order valence-corrected chi connectivity index (χ2v) is 8.37. The van der Waals surface area contributed by atoms with Crippen molar-refractivity contribution >= 4 is 22.5 Å². The van der Waals surface area contributed by atoms with E-state index in [1.807, 2.05) is 17.9 Å². The fraction of sp³-hybridized carbons (Fsp3) is 0.565. The summed E-state index contributed by atoms with van der Waals surface area (Å²) >= 11 is 0. The molecule has 0 bridgehead atoms. The molecular formula is C23H31FN4O. The molecule has 0 aliphatic carbocycles. The van der Waals surface area contributed by atoms with E-state index in [-0.39, 0.29) is 5.82 Å². The number of hydrogen-bond acceptors (Lipinski definition) is 4. The third-order valence-electron chi connectivity index (χ3n) is 6.49. The van der Waals surface area contributed by atoms with Crippen molar-refractivity contribution in [2.24, 2.45) is 5.92 Å². The molecule has 2 aliphatic heterocycles. The Morgan fingerprint density at radius 3 is 2.55 bits per heavy atom. The molecule has 5 nitrogen and oxygen atoms in total. The number of aryl methyl sites for hydroxylation is 1. The maximum absolute atomic E-state index is 14.2. The molecule has 0 atom stereocenters. The Morgan fingerprint density at radius 2 is 1.86 bits per heavy atom. The van der Waals surface area contributed by atoms with Crippen LogP contribution in [0.5, 0.6) is 0 Å². The van der Waals surface area contributed by atoms with Gasteiger partial charge in [0.05, 0.1) is 0 Å². The predicted molar refractivity (Wildman–Crippen MR) is 115 cm³/mol. The molecule has 0 unspecified atom stereocenters. The number of pyridine rings is 1. The lowest BCUT2D eigenvalue weighted by Gasteiger charge is -2.37. The van der Waals surface area contributed by atoms with Crippen LogP contribution in [0, 0.1) is 18.7 Å². The maximum atomic E-state index is 14.2. The van der Waals surface area contributed by atoms with Crippen molar-refractivity contribution in [1.29, 1.82) is 0 Å². The van der Waals surface area contributed by atoms with Crippen LogP contribution in [0.3, 0.4) is 0 Å². The number of aromatic nitrogens is 1. The number of benzene rings is 1. The highest BCUT2D eigenvalue weighted by Gasteiger charge is 2.26. The van der Waals surface area contributed by atoms with Crippen molar-refractivity contribution in [3.8, 4) is 0 Å². The van der Waals surface area contributed by atoms with Crippen molar-refractivity contribution in [1.82, 2.24) is 14.8 Å². The van der Waals surface area contributed by atoms with Crippen LogP contribution in [0.2, 0.25) is 0 Å². The van der Waals surface area contributed by atoms with Crippen LogP contribution in [0.25, 0.3) is 10.9 Å². The smallest absolute Gasteiger partial charge is 0.222 e. The largest absolute Gasteiger partial charge is 0.371 e. The average molecular weight is 399 g/mol. The molecule has 6 heteroatoms. The number of nitrogens with zero attached hydrogens (tertiary/aromatic N) is 4. The molecule has 1 aromatic carbocycles. The van der Waals surface area contributed by atoms with E-state index in [0.29, 0.717) is 23.8 Å². The van der Waals surface area contributed by atoms with Gasteiger partial charge < -0.3 is 14.7 Å². The van der Waals surface area contributed by atoms with Crippen molar-refractivity contribution in [3.63, 3.8) is 0 Å². The summed E-state index contributed by atoms with van der Waals surface area (Å²) in [6.07, 6.45) is 2.66. The second-order valence-electron chi connectivity index (χ2n) is 8.37. The van der Waals surface area contributed by atoms with Crippen molar-refractivity contribution in [2.75, 3.05) is 50.7 Å². The standard InChI is InChI=1S/C23H31FN4O/c1-3-26-11-13-28(14-12-26)22(29)16-18-7-9-27(10-8-18)21-15-17(2)25-23-19(21)5-4-6-20(23)24/h4-6,15,18H,3,7-14,16H2,1-2H3. The predicted octanol–water partition coefficient (Wildman–Crippen LogP) is 3.45. The highest BCUT2D eigenvalue weighted by molar-refractivity contribution is 5.92. The van der Waals surface area contributed by atoms with E-state index in [1.54, 1.807) is 6.07 Å². The zero-order valence-corrected chi connectivity index (χ0v) is 17.5. The van der Waals surface area contributed by atoms with Gasteiger partial charge in [-0.1, -0.05) is 19.1 Å². The summed E-state index contributed by atoms with van der Waals surface area (Å²) in [7, 11) is 0. The zero-order chi connectivity index (χ0) is 20.4. The third kappa shape index (κ3) is 4.37. The molecule has 0 radical (unpaired) electrons. The summed E-state index contributed by atoms with van der Waals surface area (Å²) in [5.74, 6) is 0.483. The number of rotatable bonds is 4. The van der Waals surface area contributed by atoms with Crippen LogP contribution in [-0.2, 0) is 4.79 Å². The van der Waals surface area contributed by atoms with Crippen LogP contribution >= 0.6 is 0 Å². The summed E-state index contributed by atoms with van der Waals surface area (Å²) in [6.45, 7) is 10.7. The maximum Gasteiger partial charge on any atom is 0.222 e. The molecular weight excluding hydrogens is 367 g/mol. The molecule has 0 saturated carbocycles. The van der Waals surface area contributed by atoms with Gasteiger partial charge in [-0.2, -0.15) is 0 Å². The summed E-state index contributed by atoms with van der Waals surface area (Å²) in [5.41, 5.74) is 2.35. The number of carbonyl (C=O) groups excluding carboxylic acids is 1. The minimum absolute atomic E-state index is 0.267. The Labute approximate surface area is 172 Å². The number of fused-ring (bicyclic) bond motifs is 1. The highest BCUT2D eigenvalue weighted by atomic mass is 19.1. The normalized spacial score (nSPS) is 19.1. The van der Waals surface area contributed by atoms with Gasteiger partial charge in [-0.15, -0.1) is 0 Å². The van der Waals surface area contributed by atoms with Gasteiger partial charge >= 0.3 is 0 Å². The Kier molecular flexibility index (Phi) is 5.99. The minimum atomic E-state index is -0.267. The molecule has 1 amide bonds. The molecule has 156 valence electrons. The van der Waals surface area contributed by atoms with Crippen LogP contribution in [0.4, 0.5) is 10.1 Å². The molecule has 0 spiro atoms. The fourth-order valence-electron chi connectivity index (χ4n) is 4.65. The van der Waals surface area contributed by atoms with Gasteiger partial charge in [0.2, 0.25) is 5.91 Å². The lowest BCUT2D eigenvalue weighted by molar-refractivity contribution is -0.134. The highest BCUT2D eigenvalue weighted by Crippen LogP contribution is 2.32. The van der Waals surface area contributed by atoms with E-state index >= 15 is 0 Å². The molecule has 0 N–H and O–H groups in total. The first-order chi connectivity index (χ1) is 14.0. The van der Waals surface area contributed by atoms with E-state index in [9.17, 15) is 9.18 Å². The number of anilines is 1. The minimum Gasteiger partial charge on any atom is -0.371 e. The van der Waals surface area contributed by atoms with Gasteiger partial charge in [-0.05, 0) is 44.4 Å². The van der Waals surface area contributed by atoms with E-state index < -0.39 is 0 Å². The lowest BCUT2D eigenvalue weighted by Crippen LogP contribution is -2.49. The van der Waals surface area contributed by atoms with Gasteiger partial charge in [0.1, 0.15) is 11.3 Å². The van der Waals surface area contributed by atoms with E-state index in [1.165, 1.54) is 6.07 Å². The van der Waals surface area contributed by atoms with Crippen molar-refractivity contribution in [2.45, 2.75) is 33.1 Å². The molecule has 3 heterocycles. The summed E-state index contributed by atoms with van der Waals surface area (Å²) in [5, 5.41) is 0.874. The molecule has 4 rings (SSSR count). The van der Waals surface area contributed by atoms with E-state index in [2.05, 4.69) is 27.8 Å². The number of piperidine rings is 1. The zero-order valence-electron chi connectivity index (χ0n) is 17.5. The molecule has 2 aromatic rings. The Balaban J connectivity index is 1.37. The quantitative estimate of drug-likeness (QED) is 0.791. The SMILES string of the molecule is CCN1CCN(C(=O)CC2CCN(c3cc(C)nc4c(F)cccc34)CC2)CC1. The number of para-hydroxylation sites is 1. The number of likely N-dealkylation sites (N-methyl/N-ethyl adjacent to an activating group) is 1. The lowest BCUT2D eigenvalue weighted by atomic mass is 9.92. The van der Waals surface area contributed by atoms with Crippen molar-refractivity contribution in [3.05, 3.63) is 35.8 Å². The summed E-state index contributed by atoms with van der Waals surface area (Å²) < 4.78 is 14.2. The third-order valence-corrected chi connectivity index (χ3v) is 6.49. The van der Waals surface area contributed by atoms with Gasteiger partial charge in [0.25, 0.3) is 0 Å². The second kappa shape index (κ2) is 8.66. The van der Waals surface area contributed by atoms with Crippen molar-refractivity contribution < 1.29 is 9.18 Å². The molecule has 2 fully saturated rings. The average Bonchev–Trinajstić information content (AvgIpc) is 2.74. The number of piperazine rings is 1. The van der Waals surface area contributed by atoms with Crippen LogP contribution in [0.1, 0.15) is 31.9 Å². The van der Waals surface area contributed by atoms with Crippen LogP contribution in [-0.4, -0.2) is 66.5 Å². The monoisotopic (exact) mass is 398 g/mol. The van der Waals surface area contributed by atoms with Crippen LogP contribution < -0.4 is 4.90 Å². The molecule has 1 aromatic heterocycles. The topological polar surface area (TPSA) is 39.7 Å². The number of amides is 1. The molecule has 2 aliphatic rings. The molecule has 29 heavy (non-hydrogen) atoms. The first-order valence-electron chi connectivity index (χ1n) is 10.9. The van der Waals surface area contributed by atoms with Gasteiger partial charge in [0.15, 0.2) is 0 Å². The molecule has 2 saturated heterocycles. The van der Waals surface area contributed by atoms with E-state index in [4.69, 9.17) is 0 Å². The fourth-order valence-corrected chi connectivity index (χ4v) is 4.65. The van der Waals surface area contributed by atoms with E-state index in [0.717, 1.165) is 75.4 Å². The van der Waals surface area contributed by atoms with Gasteiger partial charge in [-0.25, -0.2) is 9.37 Å². The Morgan fingerprint density at radius 1 is 1.14 bits per heavy atom. The number of carbonyl (C=O) groups is 1. The first kappa shape index (κ1) is 20.1. The summed E-state index contributed by atoms with van der Waals surface area (Å²) in [6, 6.07) is 7.23. The number of halogens is 1. The van der Waals surface area contributed by atoms with Gasteiger partial charge in [-0.3, -0.25) is 4.79 Å².